The van der Waals surface area contributed by atoms with Crippen molar-refractivity contribution in [3.63, 3.8) is 0 Å². The van der Waals surface area contributed by atoms with Crippen molar-refractivity contribution in [3.05, 3.63) is 0 Å². The first-order chi connectivity index (χ1) is 9.22. The number of carbonyl (C=O) groups is 1. The number of hydrogen-bond acceptors (Lipinski definition) is 3. The summed E-state index contributed by atoms with van der Waals surface area (Å²) in [5.41, 5.74) is -0.188. The second kappa shape index (κ2) is 5.65. The van der Waals surface area contributed by atoms with Gasteiger partial charge in [-0.1, -0.05) is 0 Å². The minimum absolute atomic E-state index is 0.154. The molecular formula is C15H28N2O2P+. The maximum absolute atomic E-state index is 12.3. The lowest BCUT2D eigenvalue weighted by Crippen LogP contribution is -2.46. The Labute approximate surface area is 123 Å². The fourth-order valence-corrected chi connectivity index (χ4v) is 3.86. The van der Waals surface area contributed by atoms with E-state index < -0.39 is 5.60 Å². The monoisotopic (exact) mass is 299 g/mol. The molecule has 0 aromatic carbocycles. The van der Waals surface area contributed by atoms with E-state index in [1.807, 2.05) is 25.7 Å². The summed E-state index contributed by atoms with van der Waals surface area (Å²) >= 11 is 0. The molecule has 1 atom stereocenters. The first-order valence-electron chi connectivity index (χ1n) is 7.46. The molecule has 0 bridgehead atoms. The van der Waals surface area contributed by atoms with Crippen LogP contribution in [0.4, 0.5) is 4.79 Å². The number of rotatable bonds is 2. The third kappa shape index (κ3) is 3.95. The summed E-state index contributed by atoms with van der Waals surface area (Å²) in [5.74, 6) is 0. The molecule has 2 fully saturated rings. The largest absolute Gasteiger partial charge is 0.444 e. The van der Waals surface area contributed by atoms with Crippen molar-refractivity contribution in [1.29, 1.82) is 0 Å². The Morgan fingerprint density at radius 1 is 1.35 bits per heavy atom. The second-order valence-corrected chi connectivity index (χ2v) is 9.24. The summed E-state index contributed by atoms with van der Waals surface area (Å²) in [6.45, 7) is 10.7. The molecule has 20 heavy (non-hydrogen) atoms. The van der Waals surface area contributed by atoms with Gasteiger partial charge in [0.05, 0.1) is 20.5 Å². The highest BCUT2D eigenvalue weighted by atomic mass is 31.1. The van der Waals surface area contributed by atoms with Crippen molar-refractivity contribution in [2.45, 2.75) is 51.2 Å². The Bertz CT molecular complexity index is 399. The standard InChI is InChI=1S/C15H28N2O2P/c1-14(2,3)19-13(18)16-9-6-10-17(12-20(4)5)15(11-16)7-8-15/h4,6-12H2,1-3,5H3/q+1. The molecule has 0 N–H and O–H groups in total. The van der Waals surface area contributed by atoms with Gasteiger partial charge in [0, 0.05) is 25.2 Å². The minimum atomic E-state index is -0.412. The molecule has 1 aliphatic carbocycles. The molecule has 1 saturated heterocycles. The molecule has 0 aromatic heterocycles. The topological polar surface area (TPSA) is 32.8 Å². The lowest BCUT2D eigenvalue weighted by Gasteiger charge is -2.31. The molecule has 1 spiro atoms. The summed E-state index contributed by atoms with van der Waals surface area (Å²) in [4.78, 5) is 16.8. The van der Waals surface area contributed by atoms with Gasteiger partial charge in [-0.3, -0.25) is 4.90 Å². The van der Waals surface area contributed by atoms with Gasteiger partial charge in [-0.25, -0.2) is 4.79 Å². The predicted molar refractivity (Wildman–Crippen MR) is 85.9 cm³/mol. The number of amides is 1. The van der Waals surface area contributed by atoms with Crippen LogP contribution in [0, 0.1) is 0 Å². The van der Waals surface area contributed by atoms with E-state index in [0.29, 0.717) is 0 Å². The quantitative estimate of drug-likeness (QED) is 0.735. The van der Waals surface area contributed by atoms with Crippen LogP contribution >= 0.6 is 7.55 Å². The summed E-state index contributed by atoms with van der Waals surface area (Å²) in [6.07, 6.45) is 8.56. The SMILES string of the molecule is C=[P+](C)CN1CCCN(C(=O)OC(C)(C)C)CC12CC2. The van der Waals surface area contributed by atoms with Crippen LogP contribution in [-0.2, 0) is 4.74 Å². The van der Waals surface area contributed by atoms with E-state index in [9.17, 15) is 4.79 Å². The van der Waals surface area contributed by atoms with Crippen molar-refractivity contribution in [3.8, 4) is 0 Å². The van der Waals surface area contributed by atoms with Crippen molar-refractivity contribution in [2.75, 3.05) is 32.6 Å². The molecule has 1 aliphatic heterocycles. The summed E-state index contributed by atoms with van der Waals surface area (Å²) < 4.78 is 5.53. The number of nitrogens with zero attached hydrogens (tertiary/aromatic N) is 2. The molecule has 0 aromatic rings. The first-order valence-corrected chi connectivity index (χ1v) is 9.62. The molecule has 1 saturated carbocycles. The Kier molecular flexibility index (Phi) is 4.46. The van der Waals surface area contributed by atoms with E-state index in [4.69, 9.17) is 4.74 Å². The molecule has 4 nitrogen and oxygen atoms in total. The third-order valence-corrected chi connectivity index (χ3v) is 4.73. The molecule has 1 unspecified atom stereocenters. The Hall–Kier alpha value is -0.600. The molecule has 114 valence electrons. The van der Waals surface area contributed by atoms with Crippen LogP contribution in [0.3, 0.4) is 0 Å². The third-order valence-electron chi connectivity index (χ3n) is 3.90. The Morgan fingerprint density at radius 2 is 2.00 bits per heavy atom. The molecule has 5 heteroatoms. The highest BCUT2D eigenvalue weighted by Gasteiger charge is 2.51. The highest BCUT2D eigenvalue weighted by Crippen LogP contribution is 2.45. The minimum Gasteiger partial charge on any atom is -0.444 e. The van der Waals surface area contributed by atoms with Gasteiger partial charge in [-0.2, -0.15) is 0 Å². The van der Waals surface area contributed by atoms with Crippen LogP contribution in [0.2, 0.25) is 0 Å². The van der Waals surface area contributed by atoms with Gasteiger partial charge < -0.3 is 9.64 Å². The zero-order chi connectivity index (χ0) is 15.0. The van der Waals surface area contributed by atoms with Crippen LogP contribution in [0.15, 0.2) is 0 Å². The van der Waals surface area contributed by atoms with Crippen molar-refractivity contribution in [1.82, 2.24) is 9.80 Å². The summed E-state index contributed by atoms with van der Waals surface area (Å²) in [5, 5.41) is 0. The average Bonchev–Trinajstić information content (AvgIpc) is 3.06. The van der Waals surface area contributed by atoms with Crippen LogP contribution in [0.5, 0.6) is 0 Å². The van der Waals surface area contributed by atoms with Gasteiger partial charge in [0.1, 0.15) is 5.60 Å². The van der Waals surface area contributed by atoms with E-state index in [1.165, 1.54) is 12.8 Å². The van der Waals surface area contributed by atoms with Crippen LogP contribution < -0.4 is 0 Å². The summed E-state index contributed by atoms with van der Waals surface area (Å²) in [7, 11) is -0.164. The predicted octanol–water partition coefficient (Wildman–Crippen LogP) is 2.96. The maximum atomic E-state index is 12.3. The van der Waals surface area contributed by atoms with Gasteiger partial charge in [0.15, 0.2) is 6.29 Å². The van der Waals surface area contributed by atoms with E-state index >= 15 is 0 Å². The molecule has 1 heterocycles. The molecular weight excluding hydrogens is 271 g/mol. The molecule has 2 aliphatic rings. The zero-order valence-corrected chi connectivity index (χ0v) is 14.2. The Morgan fingerprint density at radius 3 is 2.50 bits per heavy atom. The lowest BCUT2D eigenvalue weighted by atomic mass is 10.2. The maximum Gasteiger partial charge on any atom is 0.410 e. The smallest absolute Gasteiger partial charge is 0.410 e. The van der Waals surface area contributed by atoms with Crippen molar-refractivity contribution < 1.29 is 9.53 Å². The van der Waals surface area contributed by atoms with Gasteiger partial charge in [-0.15, -0.1) is 0 Å². The Balaban J connectivity index is 2.02. The average molecular weight is 299 g/mol. The van der Waals surface area contributed by atoms with Crippen LogP contribution in [-0.4, -0.2) is 65.9 Å². The van der Waals surface area contributed by atoms with E-state index in [0.717, 1.165) is 32.3 Å². The molecule has 1 amide bonds. The number of ether oxygens (including phenoxy) is 1. The van der Waals surface area contributed by atoms with Gasteiger partial charge in [0.25, 0.3) is 0 Å². The van der Waals surface area contributed by atoms with E-state index in [1.54, 1.807) is 0 Å². The van der Waals surface area contributed by atoms with Gasteiger partial charge in [0.2, 0.25) is 0 Å². The highest BCUT2D eigenvalue weighted by molar-refractivity contribution is 7.54. The van der Waals surface area contributed by atoms with E-state index in [-0.39, 0.29) is 19.2 Å². The summed E-state index contributed by atoms with van der Waals surface area (Å²) in [6, 6.07) is 0. The van der Waals surface area contributed by atoms with E-state index in [2.05, 4.69) is 17.9 Å². The van der Waals surface area contributed by atoms with Crippen molar-refractivity contribution >= 4 is 19.9 Å². The number of hydrogen-bond donors (Lipinski definition) is 0. The van der Waals surface area contributed by atoms with Crippen molar-refractivity contribution in [2.24, 2.45) is 0 Å². The van der Waals surface area contributed by atoms with Gasteiger partial charge in [-0.05, 0) is 40.0 Å². The number of carbonyl (C=O) groups excluding carboxylic acids is 1. The fourth-order valence-electron chi connectivity index (χ4n) is 2.84. The lowest BCUT2D eigenvalue weighted by molar-refractivity contribution is 0.0224. The van der Waals surface area contributed by atoms with Crippen LogP contribution in [0.1, 0.15) is 40.0 Å². The molecule has 0 radical (unpaired) electrons. The normalized spacial score (nSPS) is 23.4. The van der Waals surface area contributed by atoms with Gasteiger partial charge >= 0.3 is 6.09 Å². The first kappa shape index (κ1) is 15.8. The zero-order valence-electron chi connectivity index (χ0n) is 13.3. The second-order valence-electron chi connectivity index (χ2n) is 7.24. The fraction of sp³-hybridized carbons (Fsp3) is 0.867. The molecule has 2 rings (SSSR count). The van der Waals surface area contributed by atoms with Crippen LogP contribution in [0.25, 0.3) is 0 Å².